The lowest BCUT2D eigenvalue weighted by Gasteiger charge is -2.12. The number of nitrogens with zero attached hydrogens (tertiary/aromatic N) is 3. The normalized spacial score (nSPS) is 15.2. The van der Waals surface area contributed by atoms with Gasteiger partial charge >= 0.3 is 5.97 Å². The van der Waals surface area contributed by atoms with Crippen LogP contribution in [-0.2, 0) is 9.53 Å². The molecule has 3 rings (SSSR count). The first-order valence-corrected chi connectivity index (χ1v) is 10.3. The summed E-state index contributed by atoms with van der Waals surface area (Å²) in [6.07, 6.45) is 11.1. The van der Waals surface area contributed by atoms with Crippen molar-refractivity contribution in [2.24, 2.45) is 0 Å². The maximum atomic E-state index is 12.3. The van der Waals surface area contributed by atoms with E-state index in [1.807, 2.05) is 12.3 Å². The Kier molecular flexibility index (Phi) is 8.72. The van der Waals surface area contributed by atoms with Gasteiger partial charge in [-0.15, -0.1) is 12.4 Å². The van der Waals surface area contributed by atoms with Crippen LogP contribution < -0.4 is 0 Å². The minimum Gasteiger partial charge on any atom is -0.462 e. The van der Waals surface area contributed by atoms with Crippen LogP contribution in [0.1, 0.15) is 49.4 Å². The molecule has 29 heavy (non-hydrogen) atoms. The molecule has 0 aromatic carbocycles. The molecule has 0 unspecified atom stereocenters. The summed E-state index contributed by atoms with van der Waals surface area (Å²) in [4.78, 5) is 42.5. The third kappa shape index (κ3) is 5.61. The molecular formula is C20H24ClN3O4S. The Hall–Kier alpha value is -2.32. The molecule has 1 fully saturated rings. The van der Waals surface area contributed by atoms with Crippen LogP contribution in [0.15, 0.2) is 41.7 Å². The highest BCUT2D eigenvalue weighted by Gasteiger charge is 2.34. The van der Waals surface area contributed by atoms with Gasteiger partial charge in [-0.25, -0.2) is 9.78 Å². The summed E-state index contributed by atoms with van der Waals surface area (Å²) < 4.78 is 7.07. The third-order valence-electron chi connectivity index (χ3n) is 4.41. The summed E-state index contributed by atoms with van der Waals surface area (Å²) in [5.74, 6) is -0.643. The minimum absolute atomic E-state index is 0. The zero-order chi connectivity index (χ0) is 19.9. The van der Waals surface area contributed by atoms with Crippen molar-refractivity contribution in [3.63, 3.8) is 0 Å². The third-order valence-corrected chi connectivity index (χ3v) is 5.37. The molecule has 1 aliphatic heterocycles. The second-order valence-electron chi connectivity index (χ2n) is 6.46. The number of imide groups is 1. The predicted octanol–water partition coefficient (Wildman–Crippen LogP) is 4.46. The van der Waals surface area contributed by atoms with E-state index in [2.05, 4.69) is 11.9 Å². The van der Waals surface area contributed by atoms with Gasteiger partial charge in [0.2, 0.25) is 0 Å². The molecule has 2 amide bonds. The van der Waals surface area contributed by atoms with Gasteiger partial charge in [0.15, 0.2) is 5.65 Å². The molecule has 2 aromatic heterocycles. The average molecular weight is 438 g/mol. The average Bonchev–Trinajstić information content (AvgIpc) is 3.27. The number of hydrogen-bond donors (Lipinski definition) is 0. The van der Waals surface area contributed by atoms with Gasteiger partial charge in [-0.05, 0) is 43.2 Å². The molecule has 0 aliphatic carbocycles. The van der Waals surface area contributed by atoms with Gasteiger partial charge in [-0.3, -0.25) is 14.5 Å². The number of carbonyl (C=O) groups excluding carboxylic acids is 3. The Balaban J connectivity index is 0.00000300. The first kappa shape index (κ1) is 23.0. The molecule has 1 aliphatic rings. The van der Waals surface area contributed by atoms with Crippen LogP contribution in [-0.4, -0.2) is 44.6 Å². The van der Waals surface area contributed by atoms with Gasteiger partial charge in [0.25, 0.3) is 11.1 Å². The molecule has 0 radical (unpaired) electrons. The van der Waals surface area contributed by atoms with Crippen LogP contribution in [0.4, 0.5) is 4.79 Å². The molecule has 0 saturated carbocycles. The minimum atomic E-state index is -0.429. The number of ether oxygens (including phenoxy) is 1. The number of pyridine rings is 1. The number of imidazole rings is 1. The van der Waals surface area contributed by atoms with Gasteiger partial charge in [-0.2, -0.15) is 0 Å². The molecule has 156 valence electrons. The van der Waals surface area contributed by atoms with Crippen molar-refractivity contribution in [3.05, 3.63) is 47.3 Å². The van der Waals surface area contributed by atoms with Gasteiger partial charge in [0.1, 0.15) is 5.56 Å². The Morgan fingerprint density at radius 2 is 2.07 bits per heavy atom. The maximum absolute atomic E-state index is 12.3. The number of fused-ring (bicyclic) bond motifs is 1. The number of halogens is 1. The molecule has 3 heterocycles. The second kappa shape index (κ2) is 11.0. The summed E-state index contributed by atoms with van der Waals surface area (Å²) in [6, 6.07) is 3.44. The SMILES string of the molecule is CCCCC=C1SC(=O)N(CCCCOC(=O)c2cccn3ccnc23)C1=O.Cl. The standard InChI is InChI=1S/C20H23N3O4S.ClH/c1-2-3-4-9-16-18(24)23(20(26)28-16)12-5-6-14-27-19(25)15-8-7-11-22-13-10-21-17(15)22;/h7-11,13H,2-6,12,14H2,1H3;1H. The fraction of sp³-hybridized carbons (Fsp3) is 0.400. The van der Waals surface area contributed by atoms with Crippen molar-refractivity contribution in [2.45, 2.75) is 39.0 Å². The molecule has 7 nitrogen and oxygen atoms in total. The Bertz CT molecular complexity index is 912. The first-order chi connectivity index (χ1) is 13.6. The van der Waals surface area contributed by atoms with Crippen molar-refractivity contribution < 1.29 is 19.1 Å². The van der Waals surface area contributed by atoms with Gasteiger partial charge < -0.3 is 9.14 Å². The summed E-state index contributed by atoms with van der Waals surface area (Å²) in [5.41, 5.74) is 0.968. The lowest BCUT2D eigenvalue weighted by Crippen LogP contribution is -2.29. The van der Waals surface area contributed by atoms with Crippen LogP contribution in [0, 0.1) is 0 Å². The fourth-order valence-electron chi connectivity index (χ4n) is 2.89. The lowest BCUT2D eigenvalue weighted by atomic mass is 10.2. The van der Waals surface area contributed by atoms with Gasteiger partial charge in [0, 0.05) is 25.1 Å². The van der Waals surface area contributed by atoms with Crippen molar-refractivity contribution in [1.82, 2.24) is 14.3 Å². The van der Waals surface area contributed by atoms with Gasteiger partial charge in [0.05, 0.1) is 11.5 Å². The monoisotopic (exact) mass is 437 g/mol. The topological polar surface area (TPSA) is 81.0 Å². The molecule has 0 spiro atoms. The Morgan fingerprint density at radius 3 is 2.86 bits per heavy atom. The number of hydrogen-bond acceptors (Lipinski definition) is 6. The predicted molar refractivity (Wildman–Crippen MR) is 114 cm³/mol. The first-order valence-electron chi connectivity index (χ1n) is 9.44. The van der Waals surface area contributed by atoms with Crippen molar-refractivity contribution >= 4 is 46.9 Å². The number of unbranched alkanes of at least 4 members (excludes halogenated alkanes) is 3. The van der Waals surface area contributed by atoms with Crippen molar-refractivity contribution in [3.8, 4) is 0 Å². The lowest BCUT2D eigenvalue weighted by molar-refractivity contribution is -0.122. The van der Waals surface area contributed by atoms with Crippen molar-refractivity contribution in [2.75, 3.05) is 13.2 Å². The number of amides is 2. The Morgan fingerprint density at radius 1 is 1.24 bits per heavy atom. The zero-order valence-corrected chi connectivity index (χ0v) is 17.8. The van der Waals surface area contributed by atoms with E-state index in [0.29, 0.717) is 35.5 Å². The number of carbonyl (C=O) groups is 3. The van der Waals surface area contributed by atoms with E-state index in [-0.39, 0.29) is 30.2 Å². The van der Waals surface area contributed by atoms with E-state index in [1.165, 1.54) is 4.90 Å². The maximum Gasteiger partial charge on any atom is 0.341 e. The number of thioether (sulfide) groups is 1. The number of allylic oxidation sites excluding steroid dienone is 1. The van der Waals surface area contributed by atoms with E-state index in [9.17, 15) is 14.4 Å². The molecular weight excluding hydrogens is 414 g/mol. The molecule has 9 heteroatoms. The van der Waals surface area contributed by atoms with E-state index in [1.54, 1.807) is 28.9 Å². The second-order valence-corrected chi connectivity index (χ2v) is 7.45. The molecule has 0 atom stereocenters. The van der Waals surface area contributed by atoms with Crippen LogP contribution in [0.2, 0.25) is 0 Å². The quantitative estimate of drug-likeness (QED) is 0.327. The van der Waals surface area contributed by atoms with Gasteiger partial charge in [-0.1, -0.05) is 25.8 Å². The summed E-state index contributed by atoms with van der Waals surface area (Å²) in [5, 5.41) is -0.226. The van der Waals surface area contributed by atoms with Crippen LogP contribution in [0.5, 0.6) is 0 Å². The molecule has 0 bridgehead atoms. The summed E-state index contributed by atoms with van der Waals surface area (Å²) in [6.45, 7) is 2.65. The molecule has 1 saturated heterocycles. The van der Waals surface area contributed by atoms with Crippen LogP contribution in [0.25, 0.3) is 5.65 Å². The zero-order valence-electron chi connectivity index (χ0n) is 16.2. The number of esters is 1. The van der Waals surface area contributed by atoms with Crippen LogP contribution >= 0.6 is 24.2 Å². The highest BCUT2D eigenvalue weighted by atomic mass is 35.5. The smallest absolute Gasteiger partial charge is 0.341 e. The van der Waals surface area contributed by atoms with Crippen LogP contribution in [0.3, 0.4) is 0 Å². The Labute approximate surface area is 179 Å². The molecule has 0 N–H and O–H groups in total. The highest BCUT2D eigenvalue weighted by Crippen LogP contribution is 2.31. The van der Waals surface area contributed by atoms with E-state index >= 15 is 0 Å². The summed E-state index contributed by atoms with van der Waals surface area (Å²) >= 11 is 1.00. The fourth-order valence-corrected chi connectivity index (χ4v) is 3.76. The highest BCUT2D eigenvalue weighted by molar-refractivity contribution is 8.18. The number of aromatic nitrogens is 2. The summed E-state index contributed by atoms with van der Waals surface area (Å²) in [7, 11) is 0. The van der Waals surface area contributed by atoms with E-state index < -0.39 is 5.97 Å². The largest absolute Gasteiger partial charge is 0.462 e. The van der Waals surface area contributed by atoms with Crippen molar-refractivity contribution in [1.29, 1.82) is 0 Å². The van der Waals surface area contributed by atoms with E-state index in [0.717, 1.165) is 31.0 Å². The van der Waals surface area contributed by atoms with E-state index in [4.69, 9.17) is 4.74 Å². The molecule has 2 aromatic rings. The number of rotatable bonds is 9.